The first kappa shape index (κ1) is 25.0. The van der Waals surface area contributed by atoms with E-state index in [-0.39, 0.29) is 5.91 Å². The van der Waals surface area contributed by atoms with Crippen molar-refractivity contribution in [2.45, 2.75) is 23.9 Å². The van der Waals surface area contributed by atoms with Gasteiger partial charge in [-0.15, -0.1) is 0 Å². The number of hydrazine groups is 1. The number of sulfone groups is 1. The van der Waals surface area contributed by atoms with Crippen molar-refractivity contribution in [1.29, 1.82) is 0 Å². The van der Waals surface area contributed by atoms with Gasteiger partial charge in [0.15, 0.2) is 0 Å². The number of amides is 1. The van der Waals surface area contributed by atoms with E-state index in [4.69, 9.17) is 0 Å². The number of rotatable bonds is 7. The van der Waals surface area contributed by atoms with Gasteiger partial charge in [-0.25, -0.2) is 8.42 Å². The first-order chi connectivity index (χ1) is 17.1. The lowest BCUT2D eigenvalue weighted by molar-refractivity contribution is -0.0436. The van der Waals surface area contributed by atoms with E-state index in [1.54, 1.807) is 41.6 Å². The van der Waals surface area contributed by atoms with Gasteiger partial charge < -0.3 is 9.80 Å². The summed E-state index contributed by atoms with van der Waals surface area (Å²) in [4.78, 5) is 19.5. The minimum atomic E-state index is -5.40. The van der Waals surface area contributed by atoms with Crippen molar-refractivity contribution in [1.82, 2.24) is 15.3 Å². The molecule has 1 aliphatic rings. The third kappa shape index (κ3) is 5.28. The second-order valence-electron chi connectivity index (χ2n) is 8.00. The lowest BCUT2D eigenvalue weighted by atomic mass is 10.2. The van der Waals surface area contributed by atoms with E-state index in [9.17, 15) is 26.4 Å². The van der Waals surface area contributed by atoms with Crippen LogP contribution in [0.25, 0.3) is 0 Å². The molecule has 0 fully saturated rings. The van der Waals surface area contributed by atoms with E-state index in [1.165, 1.54) is 12.1 Å². The van der Waals surface area contributed by atoms with Crippen molar-refractivity contribution in [3.8, 4) is 0 Å². The Balaban J connectivity index is 1.43. The summed E-state index contributed by atoms with van der Waals surface area (Å²) in [6, 6.07) is 15.1. The largest absolute Gasteiger partial charge is 0.501 e. The maximum absolute atomic E-state index is 12.8. The van der Waals surface area contributed by atoms with Crippen LogP contribution >= 0.6 is 0 Å². The van der Waals surface area contributed by atoms with E-state index in [1.807, 2.05) is 30.2 Å². The lowest BCUT2D eigenvalue weighted by Gasteiger charge is -2.24. The topological polar surface area (TPSA) is 94.6 Å². The fraction of sp³-hybridized carbons (Fsp3) is 0.167. The van der Waals surface area contributed by atoms with Gasteiger partial charge in [-0.2, -0.15) is 13.2 Å². The highest BCUT2D eigenvalue weighted by Gasteiger charge is 2.46. The average molecular weight is 518 g/mol. The van der Waals surface area contributed by atoms with Gasteiger partial charge in [-0.3, -0.25) is 20.6 Å². The first-order valence-corrected chi connectivity index (χ1v) is 12.2. The number of carbonyl (C=O) groups is 1. The van der Waals surface area contributed by atoms with Crippen molar-refractivity contribution in [3.63, 3.8) is 0 Å². The Morgan fingerprint density at radius 1 is 1.06 bits per heavy atom. The van der Waals surface area contributed by atoms with Gasteiger partial charge in [0.1, 0.15) is 0 Å². The number of nitrogens with zero attached hydrogens (tertiary/aromatic N) is 3. The maximum atomic E-state index is 12.8. The predicted octanol–water partition coefficient (Wildman–Crippen LogP) is 4.27. The molecule has 188 valence electrons. The zero-order valence-electron chi connectivity index (χ0n) is 19.0. The number of benzene rings is 2. The molecule has 2 N–H and O–H groups in total. The molecule has 0 aliphatic carbocycles. The fourth-order valence-corrected chi connectivity index (χ4v) is 4.35. The Hall–Kier alpha value is -4.06. The van der Waals surface area contributed by atoms with Crippen LogP contribution in [0.15, 0.2) is 89.8 Å². The van der Waals surface area contributed by atoms with Crippen LogP contribution in [0.3, 0.4) is 0 Å². The van der Waals surface area contributed by atoms with E-state index >= 15 is 0 Å². The summed E-state index contributed by atoms with van der Waals surface area (Å²) in [6.45, 7) is 2.72. The quantitative estimate of drug-likeness (QED) is 0.452. The monoisotopic (exact) mass is 517 g/mol. The maximum Gasteiger partial charge on any atom is 0.501 e. The molecule has 8 nitrogen and oxygen atoms in total. The molecule has 1 amide bonds. The fourth-order valence-electron chi connectivity index (χ4n) is 3.59. The number of carbonyl (C=O) groups excluding carboxylic acids is 1. The zero-order valence-corrected chi connectivity index (χ0v) is 19.8. The Bertz CT molecular complexity index is 1380. The Kier molecular flexibility index (Phi) is 6.88. The van der Waals surface area contributed by atoms with Crippen LogP contribution in [0.4, 0.5) is 24.5 Å². The summed E-state index contributed by atoms with van der Waals surface area (Å²) < 4.78 is 61.6. The van der Waals surface area contributed by atoms with Crippen molar-refractivity contribution in [2.75, 3.05) is 17.0 Å². The molecule has 2 aromatic carbocycles. The molecule has 3 aromatic rings. The number of hydrogen-bond donors (Lipinski definition) is 2. The molecule has 0 spiro atoms. The van der Waals surface area contributed by atoms with E-state index in [2.05, 4.69) is 15.8 Å². The number of allylic oxidation sites excluding steroid dienone is 1. The van der Waals surface area contributed by atoms with Gasteiger partial charge in [0, 0.05) is 35.9 Å². The minimum Gasteiger partial charge on any atom is -0.351 e. The van der Waals surface area contributed by atoms with Gasteiger partial charge >= 0.3 is 5.51 Å². The molecule has 36 heavy (non-hydrogen) atoms. The zero-order chi connectivity index (χ0) is 25.9. The molecule has 0 bridgehead atoms. The Labute approximate surface area is 205 Å². The molecule has 4 rings (SSSR count). The van der Waals surface area contributed by atoms with Crippen molar-refractivity contribution in [3.05, 3.63) is 96.1 Å². The van der Waals surface area contributed by atoms with Crippen LogP contribution in [-0.4, -0.2) is 36.4 Å². The summed E-state index contributed by atoms with van der Waals surface area (Å²) in [5.41, 5.74) is 3.58. The van der Waals surface area contributed by atoms with Crippen LogP contribution in [0, 0.1) is 0 Å². The van der Waals surface area contributed by atoms with Crippen LogP contribution in [0.2, 0.25) is 0 Å². The second kappa shape index (κ2) is 9.90. The van der Waals surface area contributed by atoms with Crippen LogP contribution in [-0.2, 0) is 16.4 Å². The first-order valence-electron chi connectivity index (χ1n) is 10.7. The standard InChI is InChI=1S/C24H22F3N5O3S/c1-17-14-32(20-7-9-21(10-8-20)36(34,35)24(25,26)27)16-31(17)15-19-11-12-28-13-22(19)29-30-23(33)18-5-3-2-4-6-18/h2-14,29H,15-16H2,1H3,(H,30,33). The molecule has 2 heterocycles. The van der Waals surface area contributed by atoms with E-state index < -0.39 is 20.2 Å². The number of anilines is 2. The summed E-state index contributed by atoms with van der Waals surface area (Å²) in [6.07, 6.45) is 5.04. The number of halogens is 3. The molecule has 0 saturated carbocycles. The highest BCUT2D eigenvalue weighted by atomic mass is 32.2. The highest BCUT2D eigenvalue weighted by Crippen LogP contribution is 2.32. The van der Waals surface area contributed by atoms with Crippen LogP contribution in [0.1, 0.15) is 22.8 Å². The van der Waals surface area contributed by atoms with Gasteiger partial charge in [0.25, 0.3) is 15.7 Å². The second-order valence-corrected chi connectivity index (χ2v) is 9.94. The number of aromatic nitrogens is 1. The van der Waals surface area contributed by atoms with Gasteiger partial charge in [-0.05, 0) is 55.0 Å². The molecule has 0 unspecified atom stereocenters. The molecule has 1 aromatic heterocycles. The molecule has 12 heteroatoms. The highest BCUT2D eigenvalue weighted by molar-refractivity contribution is 7.92. The van der Waals surface area contributed by atoms with Gasteiger partial charge in [-0.1, -0.05) is 18.2 Å². The van der Waals surface area contributed by atoms with Crippen molar-refractivity contribution < 1.29 is 26.4 Å². The predicted molar refractivity (Wildman–Crippen MR) is 128 cm³/mol. The summed E-state index contributed by atoms with van der Waals surface area (Å²) in [7, 11) is -5.40. The van der Waals surface area contributed by atoms with Crippen molar-refractivity contribution >= 4 is 27.1 Å². The van der Waals surface area contributed by atoms with Crippen LogP contribution in [0.5, 0.6) is 0 Å². The number of alkyl halides is 3. The SMILES string of the molecule is CC1=CN(c2ccc(S(=O)(=O)C(F)(F)F)cc2)CN1Cc1ccncc1NNC(=O)c1ccccc1. The van der Waals surface area contributed by atoms with Crippen LogP contribution < -0.4 is 15.8 Å². The van der Waals surface area contributed by atoms with Crippen molar-refractivity contribution in [2.24, 2.45) is 0 Å². The smallest absolute Gasteiger partial charge is 0.351 e. The summed E-state index contributed by atoms with van der Waals surface area (Å²) >= 11 is 0. The van der Waals surface area contributed by atoms with E-state index in [0.717, 1.165) is 23.4 Å². The molecular weight excluding hydrogens is 495 g/mol. The molecule has 0 radical (unpaired) electrons. The number of nitrogens with one attached hydrogen (secondary N) is 2. The minimum absolute atomic E-state index is 0.301. The molecule has 0 atom stereocenters. The number of hydrogen-bond acceptors (Lipinski definition) is 7. The third-order valence-corrected chi connectivity index (χ3v) is 7.07. The average Bonchev–Trinajstić information content (AvgIpc) is 3.23. The summed E-state index contributed by atoms with van der Waals surface area (Å²) in [5.74, 6) is -0.301. The third-order valence-electron chi connectivity index (χ3n) is 5.57. The normalized spacial score (nSPS) is 13.9. The van der Waals surface area contributed by atoms with Gasteiger partial charge in [0.05, 0.1) is 23.4 Å². The van der Waals surface area contributed by atoms with E-state index in [0.29, 0.717) is 30.2 Å². The lowest BCUT2D eigenvalue weighted by Crippen LogP contribution is -2.31. The van der Waals surface area contributed by atoms with Gasteiger partial charge in [0.2, 0.25) is 0 Å². The number of pyridine rings is 1. The summed E-state index contributed by atoms with van der Waals surface area (Å²) in [5, 5.41) is 0. The molecule has 0 saturated heterocycles. The molecular formula is C24H22F3N5O3S. The Morgan fingerprint density at radius 2 is 1.75 bits per heavy atom. The molecule has 1 aliphatic heterocycles. The Morgan fingerprint density at radius 3 is 2.42 bits per heavy atom.